The SMILES string of the molecule is CC1(CCO)CN(Cc2ccc(C(F)(F)F)cc2)C(=O)O1. The van der Waals surface area contributed by atoms with Crippen molar-refractivity contribution in [1.82, 2.24) is 4.90 Å². The van der Waals surface area contributed by atoms with Gasteiger partial charge in [-0.1, -0.05) is 12.1 Å². The van der Waals surface area contributed by atoms with Gasteiger partial charge in [-0.25, -0.2) is 4.79 Å². The summed E-state index contributed by atoms with van der Waals surface area (Å²) in [7, 11) is 0. The summed E-state index contributed by atoms with van der Waals surface area (Å²) in [5, 5.41) is 8.94. The van der Waals surface area contributed by atoms with Crippen molar-refractivity contribution in [3.05, 3.63) is 35.4 Å². The molecule has 0 aliphatic carbocycles. The number of amides is 1. The summed E-state index contributed by atoms with van der Waals surface area (Å²) in [4.78, 5) is 13.2. The zero-order chi connectivity index (χ0) is 15.7. The van der Waals surface area contributed by atoms with Gasteiger partial charge in [0.05, 0.1) is 12.1 Å². The van der Waals surface area contributed by atoms with E-state index in [-0.39, 0.29) is 13.2 Å². The van der Waals surface area contributed by atoms with Crippen molar-refractivity contribution in [2.24, 2.45) is 0 Å². The standard InChI is InChI=1S/C14H16F3NO3/c1-13(6-7-19)9-18(12(20)21-13)8-10-2-4-11(5-3-10)14(15,16)17/h2-5,19H,6-9H2,1H3. The van der Waals surface area contributed by atoms with E-state index in [1.807, 2.05) is 0 Å². The van der Waals surface area contributed by atoms with Crippen molar-refractivity contribution in [2.75, 3.05) is 13.2 Å². The number of carbonyl (C=O) groups is 1. The molecular formula is C14H16F3NO3. The second kappa shape index (κ2) is 5.55. The van der Waals surface area contributed by atoms with Crippen LogP contribution in [0.25, 0.3) is 0 Å². The van der Waals surface area contributed by atoms with E-state index in [0.29, 0.717) is 18.5 Å². The summed E-state index contributed by atoms with van der Waals surface area (Å²) < 4.78 is 42.6. The molecule has 1 saturated heterocycles. The van der Waals surface area contributed by atoms with Crippen LogP contribution in [0.5, 0.6) is 0 Å². The molecule has 1 atom stereocenters. The molecule has 1 unspecified atom stereocenters. The van der Waals surface area contributed by atoms with Crippen LogP contribution in [-0.2, 0) is 17.5 Å². The fourth-order valence-electron chi connectivity index (χ4n) is 2.28. The molecule has 1 aliphatic rings. The van der Waals surface area contributed by atoms with Crippen LogP contribution in [0, 0.1) is 0 Å². The molecule has 0 bridgehead atoms. The second-order valence-electron chi connectivity index (χ2n) is 5.34. The van der Waals surface area contributed by atoms with Crippen LogP contribution in [0.1, 0.15) is 24.5 Å². The minimum Gasteiger partial charge on any atom is -0.441 e. The third-order valence-corrected chi connectivity index (χ3v) is 3.41. The molecule has 1 aromatic carbocycles. The normalized spacial score (nSPS) is 22.5. The zero-order valence-corrected chi connectivity index (χ0v) is 11.5. The fraction of sp³-hybridized carbons (Fsp3) is 0.500. The highest BCUT2D eigenvalue weighted by atomic mass is 19.4. The van der Waals surface area contributed by atoms with E-state index in [1.165, 1.54) is 17.0 Å². The van der Waals surface area contributed by atoms with E-state index >= 15 is 0 Å². The Morgan fingerprint density at radius 3 is 2.48 bits per heavy atom. The van der Waals surface area contributed by atoms with Crippen LogP contribution >= 0.6 is 0 Å². The number of alkyl halides is 3. The smallest absolute Gasteiger partial charge is 0.416 e. The highest BCUT2D eigenvalue weighted by Gasteiger charge is 2.40. The first-order valence-electron chi connectivity index (χ1n) is 6.48. The molecule has 0 spiro atoms. The van der Waals surface area contributed by atoms with E-state index < -0.39 is 23.4 Å². The van der Waals surface area contributed by atoms with Crippen molar-refractivity contribution in [2.45, 2.75) is 31.7 Å². The average molecular weight is 303 g/mol. The number of ether oxygens (including phenoxy) is 1. The molecule has 0 saturated carbocycles. The summed E-state index contributed by atoms with van der Waals surface area (Å²) in [5.74, 6) is 0. The first-order chi connectivity index (χ1) is 9.73. The third kappa shape index (κ3) is 3.66. The highest BCUT2D eigenvalue weighted by Crippen LogP contribution is 2.30. The number of halogens is 3. The number of cyclic esters (lactones) is 1. The van der Waals surface area contributed by atoms with Crippen LogP contribution in [-0.4, -0.2) is 34.9 Å². The molecule has 0 radical (unpaired) electrons. The van der Waals surface area contributed by atoms with Gasteiger partial charge in [0.2, 0.25) is 0 Å². The molecule has 1 N–H and O–H groups in total. The lowest BCUT2D eigenvalue weighted by atomic mass is 10.0. The van der Waals surface area contributed by atoms with Crippen LogP contribution in [0.4, 0.5) is 18.0 Å². The lowest BCUT2D eigenvalue weighted by Gasteiger charge is -2.20. The molecule has 116 valence electrons. The van der Waals surface area contributed by atoms with Crippen molar-refractivity contribution in [3.63, 3.8) is 0 Å². The van der Waals surface area contributed by atoms with E-state index in [9.17, 15) is 18.0 Å². The van der Waals surface area contributed by atoms with Crippen LogP contribution < -0.4 is 0 Å². The summed E-state index contributed by atoms with van der Waals surface area (Å²) in [6.07, 6.45) is -4.57. The van der Waals surface area contributed by atoms with E-state index in [4.69, 9.17) is 9.84 Å². The minimum absolute atomic E-state index is 0.0993. The van der Waals surface area contributed by atoms with Crippen molar-refractivity contribution in [1.29, 1.82) is 0 Å². The predicted octanol–water partition coefficient (Wildman–Crippen LogP) is 2.80. The number of aliphatic hydroxyl groups excluding tert-OH is 1. The van der Waals surface area contributed by atoms with Gasteiger partial charge in [-0.3, -0.25) is 4.90 Å². The van der Waals surface area contributed by atoms with Crippen LogP contribution in [0.3, 0.4) is 0 Å². The summed E-state index contributed by atoms with van der Waals surface area (Å²) in [6.45, 7) is 2.09. The first kappa shape index (κ1) is 15.6. The number of hydrogen-bond acceptors (Lipinski definition) is 3. The Morgan fingerprint density at radius 2 is 1.95 bits per heavy atom. The Balaban J connectivity index is 2.04. The summed E-state index contributed by atoms with van der Waals surface area (Å²) >= 11 is 0. The molecule has 4 nitrogen and oxygen atoms in total. The largest absolute Gasteiger partial charge is 0.441 e. The number of benzene rings is 1. The highest BCUT2D eigenvalue weighted by molar-refractivity contribution is 5.70. The molecule has 0 aromatic heterocycles. The maximum absolute atomic E-state index is 12.5. The van der Waals surface area contributed by atoms with Crippen molar-refractivity contribution < 1.29 is 27.8 Å². The lowest BCUT2D eigenvalue weighted by Crippen LogP contribution is -2.32. The Morgan fingerprint density at radius 1 is 1.33 bits per heavy atom. The van der Waals surface area contributed by atoms with Gasteiger partial charge < -0.3 is 9.84 Å². The Labute approximate surface area is 120 Å². The maximum Gasteiger partial charge on any atom is 0.416 e. The summed E-state index contributed by atoms with van der Waals surface area (Å²) in [5.41, 5.74) is -0.883. The maximum atomic E-state index is 12.5. The Kier molecular flexibility index (Phi) is 4.13. The number of hydrogen-bond donors (Lipinski definition) is 1. The lowest BCUT2D eigenvalue weighted by molar-refractivity contribution is -0.137. The quantitative estimate of drug-likeness (QED) is 0.930. The fourth-order valence-corrected chi connectivity index (χ4v) is 2.28. The third-order valence-electron chi connectivity index (χ3n) is 3.41. The molecule has 1 amide bonds. The van der Waals surface area contributed by atoms with Gasteiger partial charge in [0.25, 0.3) is 0 Å². The van der Waals surface area contributed by atoms with Crippen LogP contribution in [0.2, 0.25) is 0 Å². The van der Waals surface area contributed by atoms with Crippen molar-refractivity contribution in [3.8, 4) is 0 Å². The van der Waals surface area contributed by atoms with Gasteiger partial charge in [0, 0.05) is 19.6 Å². The monoisotopic (exact) mass is 303 g/mol. The van der Waals surface area contributed by atoms with E-state index in [1.54, 1.807) is 6.92 Å². The predicted molar refractivity (Wildman–Crippen MR) is 68.4 cm³/mol. The topological polar surface area (TPSA) is 49.8 Å². The van der Waals surface area contributed by atoms with Crippen LogP contribution in [0.15, 0.2) is 24.3 Å². The van der Waals surface area contributed by atoms with Gasteiger partial charge >= 0.3 is 12.3 Å². The van der Waals surface area contributed by atoms with E-state index in [0.717, 1.165) is 12.1 Å². The number of nitrogens with zero attached hydrogens (tertiary/aromatic N) is 1. The van der Waals surface area contributed by atoms with Gasteiger partial charge in [-0.2, -0.15) is 13.2 Å². The van der Waals surface area contributed by atoms with Gasteiger partial charge in [0.15, 0.2) is 0 Å². The molecule has 1 aliphatic heterocycles. The van der Waals surface area contributed by atoms with E-state index in [2.05, 4.69) is 0 Å². The Hall–Kier alpha value is -1.76. The number of aliphatic hydroxyl groups is 1. The average Bonchev–Trinajstić information content (AvgIpc) is 2.64. The van der Waals surface area contributed by atoms with Gasteiger partial charge in [0.1, 0.15) is 5.60 Å². The number of carbonyl (C=O) groups excluding carboxylic acids is 1. The molecule has 1 fully saturated rings. The molecule has 2 rings (SSSR count). The minimum atomic E-state index is -4.37. The molecule has 1 heterocycles. The number of rotatable bonds is 4. The Bertz CT molecular complexity index is 515. The van der Waals surface area contributed by atoms with Gasteiger partial charge in [-0.05, 0) is 24.6 Å². The molecule has 1 aromatic rings. The van der Waals surface area contributed by atoms with Gasteiger partial charge in [-0.15, -0.1) is 0 Å². The second-order valence-corrected chi connectivity index (χ2v) is 5.34. The van der Waals surface area contributed by atoms with Crippen molar-refractivity contribution >= 4 is 6.09 Å². The first-order valence-corrected chi connectivity index (χ1v) is 6.48. The zero-order valence-electron chi connectivity index (χ0n) is 11.5. The molecule has 7 heteroatoms. The molecular weight excluding hydrogens is 287 g/mol. The molecule has 21 heavy (non-hydrogen) atoms. The summed E-state index contributed by atoms with van der Waals surface area (Å²) in [6, 6.07) is 4.67.